The van der Waals surface area contributed by atoms with Gasteiger partial charge in [-0.05, 0) is 37.1 Å². The average molecular weight is 396 g/mol. The molecule has 2 N–H and O–H groups in total. The van der Waals surface area contributed by atoms with Crippen molar-refractivity contribution in [3.05, 3.63) is 65.2 Å². The standard InChI is InChI=1S/C22H24N2O5/c1-4-28-17-13-15(11-12-16(17)27-3)20-18(21(25)29-5-2)19(23-22(26)24-20)14-9-7-6-8-10-14/h6-13,20H,4-5H2,1-3H3,(H2,23,24,26). The third-order valence-electron chi connectivity index (χ3n) is 4.45. The maximum absolute atomic E-state index is 12.9. The van der Waals surface area contributed by atoms with Gasteiger partial charge in [-0.25, -0.2) is 9.59 Å². The molecule has 1 aliphatic heterocycles. The summed E-state index contributed by atoms with van der Waals surface area (Å²) in [5.74, 6) is 0.600. The van der Waals surface area contributed by atoms with Gasteiger partial charge in [0, 0.05) is 0 Å². The summed E-state index contributed by atoms with van der Waals surface area (Å²) in [5, 5.41) is 5.58. The van der Waals surface area contributed by atoms with Crippen molar-refractivity contribution in [2.75, 3.05) is 20.3 Å². The van der Waals surface area contributed by atoms with E-state index in [9.17, 15) is 9.59 Å². The Kier molecular flexibility index (Phi) is 6.39. The number of amides is 2. The minimum Gasteiger partial charge on any atom is -0.493 e. The second-order valence-corrected chi connectivity index (χ2v) is 6.25. The average Bonchev–Trinajstić information content (AvgIpc) is 2.74. The molecule has 0 aromatic heterocycles. The largest absolute Gasteiger partial charge is 0.493 e. The van der Waals surface area contributed by atoms with Gasteiger partial charge in [0.15, 0.2) is 11.5 Å². The van der Waals surface area contributed by atoms with E-state index >= 15 is 0 Å². The summed E-state index contributed by atoms with van der Waals surface area (Å²) in [5.41, 5.74) is 2.14. The molecule has 0 aliphatic carbocycles. The first-order valence-electron chi connectivity index (χ1n) is 9.44. The number of ether oxygens (including phenoxy) is 3. The van der Waals surface area contributed by atoms with Crippen LogP contribution >= 0.6 is 0 Å². The van der Waals surface area contributed by atoms with Crippen molar-refractivity contribution in [3.63, 3.8) is 0 Å². The molecule has 0 fully saturated rings. The molecule has 29 heavy (non-hydrogen) atoms. The van der Waals surface area contributed by atoms with Crippen LogP contribution in [0.3, 0.4) is 0 Å². The minimum atomic E-state index is -0.705. The number of methoxy groups -OCH3 is 1. The Bertz CT molecular complexity index is 924. The molecule has 1 unspecified atom stereocenters. The summed E-state index contributed by atoms with van der Waals surface area (Å²) < 4.78 is 16.3. The number of nitrogens with one attached hydrogen (secondary N) is 2. The number of benzene rings is 2. The molecule has 0 saturated heterocycles. The molecule has 2 aromatic rings. The topological polar surface area (TPSA) is 85.9 Å². The Morgan fingerprint density at radius 2 is 1.79 bits per heavy atom. The van der Waals surface area contributed by atoms with E-state index in [2.05, 4.69) is 10.6 Å². The van der Waals surface area contributed by atoms with Gasteiger partial charge >= 0.3 is 12.0 Å². The lowest BCUT2D eigenvalue weighted by molar-refractivity contribution is -0.138. The number of urea groups is 1. The maximum Gasteiger partial charge on any atom is 0.338 e. The molecule has 1 heterocycles. The number of rotatable bonds is 7. The Labute approximate surface area is 169 Å². The van der Waals surface area contributed by atoms with Crippen LogP contribution in [-0.2, 0) is 9.53 Å². The van der Waals surface area contributed by atoms with Crippen molar-refractivity contribution >= 4 is 17.7 Å². The zero-order chi connectivity index (χ0) is 20.8. The summed E-state index contributed by atoms with van der Waals surface area (Å²) in [7, 11) is 1.56. The fraction of sp³-hybridized carbons (Fsp3) is 0.273. The molecule has 1 atom stereocenters. The number of esters is 1. The van der Waals surface area contributed by atoms with Gasteiger partial charge in [0.25, 0.3) is 0 Å². The van der Waals surface area contributed by atoms with E-state index in [1.165, 1.54) is 0 Å². The van der Waals surface area contributed by atoms with E-state index in [1.54, 1.807) is 32.2 Å². The van der Waals surface area contributed by atoms with Crippen LogP contribution in [0.15, 0.2) is 54.1 Å². The summed E-state index contributed by atoms with van der Waals surface area (Å²) in [6, 6.07) is 13.4. The highest BCUT2D eigenvalue weighted by Gasteiger charge is 2.34. The van der Waals surface area contributed by atoms with Crippen LogP contribution in [0.1, 0.15) is 31.0 Å². The molecule has 0 saturated carbocycles. The molecule has 152 valence electrons. The zero-order valence-electron chi connectivity index (χ0n) is 16.7. The van der Waals surface area contributed by atoms with Crippen LogP contribution < -0.4 is 20.1 Å². The van der Waals surface area contributed by atoms with Crippen molar-refractivity contribution in [2.24, 2.45) is 0 Å². The van der Waals surface area contributed by atoms with Crippen LogP contribution in [0.4, 0.5) is 4.79 Å². The van der Waals surface area contributed by atoms with E-state index in [-0.39, 0.29) is 6.61 Å². The Morgan fingerprint density at radius 3 is 2.45 bits per heavy atom. The minimum absolute atomic E-state index is 0.220. The first-order valence-corrected chi connectivity index (χ1v) is 9.44. The summed E-state index contributed by atoms with van der Waals surface area (Å²) in [6.07, 6.45) is 0. The predicted octanol–water partition coefficient (Wildman–Crippen LogP) is 3.42. The lowest BCUT2D eigenvalue weighted by atomic mass is 9.92. The van der Waals surface area contributed by atoms with Crippen LogP contribution in [0.5, 0.6) is 11.5 Å². The molecule has 1 aliphatic rings. The smallest absolute Gasteiger partial charge is 0.338 e. The second-order valence-electron chi connectivity index (χ2n) is 6.25. The molecular weight excluding hydrogens is 372 g/mol. The Hall–Kier alpha value is -3.48. The highest BCUT2D eigenvalue weighted by Crippen LogP contribution is 2.36. The van der Waals surface area contributed by atoms with Gasteiger partial charge in [-0.3, -0.25) is 0 Å². The van der Waals surface area contributed by atoms with E-state index in [0.717, 1.165) is 0 Å². The zero-order valence-corrected chi connectivity index (χ0v) is 16.7. The normalized spacial score (nSPS) is 16.0. The van der Waals surface area contributed by atoms with Crippen molar-refractivity contribution in [1.82, 2.24) is 10.6 Å². The van der Waals surface area contributed by atoms with E-state index in [4.69, 9.17) is 14.2 Å². The van der Waals surface area contributed by atoms with Crippen molar-refractivity contribution < 1.29 is 23.8 Å². The van der Waals surface area contributed by atoms with Gasteiger partial charge < -0.3 is 24.8 Å². The van der Waals surface area contributed by atoms with Crippen LogP contribution in [-0.4, -0.2) is 32.3 Å². The first kappa shape index (κ1) is 20.3. The molecule has 7 nitrogen and oxygen atoms in total. The summed E-state index contributed by atoms with van der Waals surface area (Å²) in [4.78, 5) is 25.3. The lowest BCUT2D eigenvalue weighted by Gasteiger charge is -2.30. The number of carbonyl (C=O) groups is 2. The fourth-order valence-electron chi connectivity index (χ4n) is 3.22. The highest BCUT2D eigenvalue weighted by molar-refractivity contribution is 6.04. The monoisotopic (exact) mass is 396 g/mol. The molecule has 2 aromatic carbocycles. The molecule has 7 heteroatoms. The quantitative estimate of drug-likeness (QED) is 0.701. The van der Waals surface area contributed by atoms with Crippen molar-refractivity contribution in [1.29, 1.82) is 0 Å². The van der Waals surface area contributed by atoms with Crippen LogP contribution in [0.2, 0.25) is 0 Å². The Balaban J connectivity index is 2.16. The SMILES string of the molecule is CCOC(=O)C1=C(c2ccccc2)NC(=O)NC1c1ccc(OC)c(OCC)c1. The first-order chi connectivity index (χ1) is 14.1. The lowest BCUT2D eigenvalue weighted by Crippen LogP contribution is -2.45. The molecule has 2 amide bonds. The van der Waals surface area contributed by atoms with Crippen LogP contribution in [0.25, 0.3) is 5.70 Å². The predicted molar refractivity (Wildman–Crippen MR) is 109 cm³/mol. The maximum atomic E-state index is 12.9. The van der Waals surface area contributed by atoms with Gasteiger partial charge in [0.1, 0.15) is 0 Å². The van der Waals surface area contributed by atoms with Crippen LogP contribution in [0, 0.1) is 0 Å². The second kappa shape index (κ2) is 9.14. The Morgan fingerprint density at radius 1 is 1.03 bits per heavy atom. The third-order valence-corrected chi connectivity index (χ3v) is 4.45. The van der Waals surface area contributed by atoms with E-state index in [0.29, 0.717) is 40.5 Å². The summed E-state index contributed by atoms with van der Waals surface area (Å²) in [6.45, 7) is 4.28. The van der Waals surface area contributed by atoms with Crippen molar-refractivity contribution in [2.45, 2.75) is 19.9 Å². The summed E-state index contributed by atoms with van der Waals surface area (Å²) >= 11 is 0. The fourth-order valence-corrected chi connectivity index (χ4v) is 3.22. The van der Waals surface area contributed by atoms with Crippen molar-refractivity contribution in [3.8, 4) is 11.5 Å². The van der Waals surface area contributed by atoms with Gasteiger partial charge in [-0.15, -0.1) is 0 Å². The number of carbonyl (C=O) groups excluding carboxylic acids is 2. The molecular formula is C22H24N2O5. The van der Waals surface area contributed by atoms with Gasteiger partial charge in [0.2, 0.25) is 0 Å². The van der Waals surface area contributed by atoms with Gasteiger partial charge in [0.05, 0.1) is 37.6 Å². The number of hydrogen-bond donors (Lipinski definition) is 2. The number of hydrogen-bond acceptors (Lipinski definition) is 5. The molecule has 3 rings (SSSR count). The van der Waals surface area contributed by atoms with E-state index in [1.807, 2.05) is 37.3 Å². The molecule has 0 bridgehead atoms. The van der Waals surface area contributed by atoms with E-state index < -0.39 is 18.0 Å². The third kappa shape index (κ3) is 4.34. The van der Waals surface area contributed by atoms with Gasteiger partial charge in [-0.1, -0.05) is 36.4 Å². The van der Waals surface area contributed by atoms with Gasteiger partial charge in [-0.2, -0.15) is 0 Å². The molecule has 0 spiro atoms. The molecule has 0 radical (unpaired) electrons. The highest BCUT2D eigenvalue weighted by atomic mass is 16.5.